The van der Waals surface area contributed by atoms with Gasteiger partial charge in [-0.1, -0.05) is 17.7 Å². The van der Waals surface area contributed by atoms with Gasteiger partial charge in [-0.3, -0.25) is 0 Å². The summed E-state index contributed by atoms with van der Waals surface area (Å²) in [6, 6.07) is 5.19. The molecule has 5 heteroatoms. The molecular weight excluding hydrogens is 257 g/mol. The first kappa shape index (κ1) is 15.2. The number of aryl methyl sites for hydroxylation is 1. The van der Waals surface area contributed by atoms with Crippen LogP contribution in [0.4, 0.5) is 4.39 Å². The fraction of sp³-hybridized carbons (Fsp3) is 0.538. The summed E-state index contributed by atoms with van der Waals surface area (Å²) < 4.78 is 17.6. The molecule has 0 aromatic heterocycles. The number of aliphatic hydroxyl groups is 1. The van der Waals surface area contributed by atoms with Gasteiger partial charge in [-0.15, -0.1) is 0 Å². The number of halogens is 2. The van der Waals surface area contributed by atoms with Crippen LogP contribution < -0.4 is 10.1 Å². The highest BCUT2D eigenvalue weighted by atomic mass is 35.5. The zero-order valence-electron chi connectivity index (χ0n) is 10.6. The van der Waals surface area contributed by atoms with Crippen molar-refractivity contribution >= 4 is 11.6 Å². The first-order valence-corrected chi connectivity index (χ1v) is 6.27. The van der Waals surface area contributed by atoms with Crippen molar-refractivity contribution in [1.82, 2.24) is 5.32 Å². The molecule has 0 saturated heterocycles. The van der Waals surface area contributed by atoms with Crippen LogP contribution in [0.2, 0.25) is 5.02 Å². The van der Waals surface area contributed by atoms with Crippen LogP contribution in [0.3, 0.4) is 0 Å². The highest BCUT2D eigenvalue weighted by molar-refractivity contribution is 6.32. The van der Waals surface area contributed by atoms with Crippen molar-refractivity contribution in [2.24, 2.45) is 0 Å². The lowest BCUT2D eigenvalue weighted by atomic mass is 10.2. The van der Waals surface area contributed by atoms with Crippen molar-refractivity contribution in [3.05, 3.63) is 28.8 Å². The lowest BCUT2D eigenvalue weighted by Crippen LogP contribution is -2.37. The molecule has 0 aliphatic carbocycles. The van der Waals surface area contributed by atoms with Gasteiger partial charge in [0.2, 0.25) is 0 Å². The molecule has 102 valence electrons. The van der Waals surface area contributed by atoms with Gasteiger partial charge in [-0.05, 0) is 31.5 Å². The molecule has 0 radical (unpaired) electrons. The normalized spacial score (nSPS) is 14.3. The Balaban J connectivity index is 2.37. The van der Waals surface area contributed by atoms with Gasteiger partial charge in [0.25, 0.3) is 0 Å². The van der Waals surface area contributed by atoms with Crippen molar-refractivity contribution in [2.45, 2.75) is 26.0 Å². The number of benzene rings is 1. The molecule has 0 bridgehead atoms. The minimum absolute atomic E-state index is 0.120. The van der Waals surface area contributed by atoms with E-state index in [1.807, 2.05) is 19.1 Å². The molecular formula is C13H19ClFNO2. The van der Waals surface area contributed by atoms with E-state index >= 15 is 0 Å². The van der Waals surface area contributed by atoms with Crippen LogP contribution in [0.1, 0.15) is 12.5 Å². The van der Waals surface area contributed by atoms with Crippen molar-refractivity contribution in [1.29, 1.82) is 0 Å². The monoisotopic (exact) mass is 275 g/mol. The zero-order valence-corrected chi connectivity index (χ0v) is 11.4. The average molecular weight is 276 g/mol. The number of ether oxygens (including phenoxy) is 1. The Hall–Kier alpha value is -0.840. The van der Waals surface area contributed by atoms with E-state index in [0.29, 0.717) is 10.8 Å². The fourth-order valence-electron chi connectivity index (χ4n) is 1.36. The lowest BCUT2D eigenvalue weighted by Gasteiger charge is -2.16. The van der Waals surface area contributed by atoms with Gasteiger partial charge in [0.05, 0.1) is 5.02 Å². The first-order chi connectivity index (χ1) is 8.52. The molecule has 1 aromatic rings. The molecule has 2 atom stereocenters. The van der Waals surface area contributed by atoms with Crippen LogP contribution in [-0.2, 0) is 0 Å². The Morgan fingerprint density at radius 2 is 2.22 bits per heavy atom. The van der Waals surface area contributed by atoms with E-state index in [2.05, 4.69) is 5.32 Å². The number of hydrogen-bond acceptors (Lipinski definition) is 3. The van der Waals surface area contributed by atoms with Gasteiger partial charge in [-0.2, -0.15) is 0 Å². The summed E-state index contributed by atoms with van der Waals surface area (Å²) in [6.45, 7) is 3.59. The van der Waals surface area contributed by atoms with E-state index < -0.39 is 12.8 Å². The minimum atomic E-state index is -0.699. The molecule has 1 unspecified atom stereocenters. The molecule has 0 amide bonds. The molecule has 3 nitrogen and oxygen atoms in total. The molecule has 0 spiro atoms. The molecule has 0 heterocycles. The summed E-state index contributed by atoms with van der Waals surface area (Å²) in [5.41, 5.74) is 1.04. The maximum absolute atomic E-state index is 12.2. The number of rotatable bonds is 7. The van der Waals surface area contributed by atoms with Gasteiger partial charge in [0.15, 0.2) is 0 Å². The SMILES string of the molecule is Cc1ccc(Cl)c(OC[C@@H](O)CNC(C)CF)c1. The second-order valence-corrected chi connectivity index (χ2v) is 4.77. The predicted octanol–water partition coefficient (Wildman–Crippen LogP) is 2.34. The summed E-state index contributed by atoms with van der Waals surface area (Å²) >= 11 is 5.96. The second kappa shape index (κ2) is 7.56. The van der Waals surface area contributed by atoms with Crippen LogP contribution >= 0.6 is 11.6 Å². The highest BCUT2D eigenvalue weighted by Crippen LogP contribution is 2.25. The highest BCUT2D eigenvalue weighted by Gasteiger charge is 2.09. The first-order valence-electron chi connectivity index (χ1n) is 5.89. The molecule has 2 N–H and O–H groups in total. The summed E-state index contributed by atoms with van der Waals surface area (Å²) in [5.74, 6) is 0.550. The largest absolute Gasteiger partial charge is 0.489 e. The van der Waals surface area contributed by atoms with Crippen LogP contribution in [0.15, 0.2) is 18.2 Å². The Kier molecular flexibility index (Phi) is 6.39. The molecule has 0 fully saturated rings. The van der Waals surface area contributed by atoms with E-state index in [-0.39, 0.29) is 19.2 Å². The average Bonchev–Trinajstić information content (AvgIpc) is 2.36. The summed E-state index contributed by atoms with van der Waals surface area (Å²) in [4.78, 5) is 0. The van der Waals surface area contributed by atoms with E-state index in [0.717, 1.165) is 5.56 Å². The molecule has 18 heavy (non-hydrogen) atoms. The Bertz CT molecular complexity index is 376. The third kappa shape index (κ3) is 5.21. The Labute approximate surface area is 112 Å². The number of aliphatic hydroxyl groups excluding tert-OH is 1. The van der Waals surface area contributed by atoms with Crippen LogP contribution in [0.25, 0.3) is 0 Å². The summed E-state index contributed by atoms with van der Waals surface area (Å²) in [5, 5.41) is 13.0. The van der Waals surface area contributed by atoms with Crippen LogP contribution in [0.5, 0.6) is 5.75 Å². The van der Waals surface area contributed by atoms with Crippen molar-refractivity contribution in [2.75, 3.05) is 19.8 Å². The zero-order chi connectivity index (χ0) is 13.5. The molecule has 1 aromatic carbocycles. The smallest absolute Gasteiger partial charge is 0.138 e. The Morgan fingerprint density at radius 3 is 2.89 bits per heavy atom. The van der Waals surface area contributed by atoms with Crippen molar-refractivity contribution in [3.8, 4) is 5.75 Å². The summed E-state index contributed by atoms with van der Waals surface area (Å²) in [6.07, 6.45) is -0.699. The number of hydrogen-bond donors (Lipinski definition) is 2. The number of nitrogens with one attached hydrogen (secondary N) is 1. The third-order valence-corrected chi connectivity index (χ3v) is 2.76. The van der Waals surface area contributed by atoms with Crippen LogP contribution in [-0.4, -0.2) is 37.1 Å². The van der Waals surface area contributed by atoms with E-state index in [4.69, 9.17) is 16.3 Å². The minimum Gasteiger partial charge on any atom is -0.489 e. The van der Waals surface area contributed by atoms with E-state index in [9.17, 15) is 9.50 Å². The Morgan fingerprint density at radius 1 is 1.50 bits per heavy atom. The van der Waals surface area contributed by atoms with Gasteiger partial charge in [-0.25, -0.2) is 4.39 Å². The standard InChI is InChI=1S/C13H19ClFNO2/c1-9-3-4-12(14)13(5-9)18-8-11(17)7-16-10(2)6-15/h3-5,10-11,16-17H,6-8H2,1-2H3/t10?,11-/m0/s1. The topological polar surface area (TPSA) is 41.5 Å². The molecule has 0 aliphatic heterocycles. The predicted molar refractivity (Wildman–Crippen MR) is 71.1 cm³/mol. The maximum Gasteiger partial charge on any atom is 0.138 e. The lowest BCUT2D eigenvalue weighted by molar-refractivity contribution is 0.103. The molecule has 1 rings (SSSR count). The molecule has 0 aliphatic rings. The number of alkyl halides is 1. The van der Waals surface area contributed by atoms with Crippen molar-refractivity contribution in [3.63, 3.8) is 0 Å². The van der Waals surface area contributed by atoms with E-state index in [1.54, 1.807) is 13.0 Å². The molecule has 0 saturated carbocycles. The van der Waals surface area contributed by atoms with E-state index in [1.165, 1.54) is 0 Å². The van der Waals surface area contributed by atoms with Gasteiger partial charge >= 0.3 is 0 Å². The maximum atomic E-state index is 12.2. The summed E-state index contributed by atoms with van der Waals surface area (Å²) in [7, 11) is 0. The third-order valence-electron chi connectivity index (χ3n) is 2.45. The quantitative estimate of drug-likeness (QED) is 0.803. The van der Waals surface area contributed by atoms with Crippen molar-refractivity contribution < 1.29 is 14.2 Å². The second-order valence-electron chi connectivity index (χ2n) is 4.36. The van der Waals surface area contributed by atoms with Gasteiger partial charge in [0.1, 0.15) is 25.1 Å². The van der Waals surface area contributed by atoms with Gasteiger partial charge in [0, 0.05) is 12.6 Å². The fourth-order valence-corrected chi connectivity index (χ4v) is 1.53. The van der Waals surface area contributed by atoms with Crippen LogP contribution in [0, 0.1) is 6.92 Å². The van der Waals surface area contributed by atoms with Gasteiger partial charge < -0.3 is 15.2 Å².